The molecule has 3 N–H and O–H groups in total. The fourth-order valence-corrected chi connectivity index (χ4v) is 0.889. The summed E-state index contributed by atoms with van der Waals surface area (Å²) in [5.74, 6) is -1.20. The summed E-state index contributed by atoms with van der Waals surface area (Å²) in [6.07, 6.45) is -1.09. The monoisotopic (exact) mass is 248 g/mol. The maximum Gasteiger partial charge on any atom is 0.108 e. The van der Waals surface area contributed by atoms with Gasteiger partial charge in [0.05, 0.1) is 21.1 Å². The van der Waals surface area contributed by atoms with Crippen LogP contribution in [-0.4, -0.2) is 49.4 Å². The third-order valence-corrected chi connectivity index (χ3v) is 1.16. The summed E-state index contributed by atoms with van der Waals surface area (Å²) in [4.78, 5) is 10.0. The molecule has 0 aliphatic rings. The molecule has 0 heterocycles. The highest BCUT2D eigenvalue weighted by molar-refractivity contribution is 6.11. The second-order valence-corrected chi connectivity index (χ2v) is 3.70. The van der Waals surface area contributed by atoms with Crippen molar-refractivity contribution in [3.8, 4) is 0 Å². The number of hydrogen-bond acceptors (Lipinski definition) is 4. The minimum atomic E-state index is -1.20. The molecular formula is C7H18Cl2N2O3. The summed E-state index contributed by atoms with van der Waals surface area (Å²) in [7, 11) is 5.66. The Labute approximate surface area is 95.6 Å². The van der Waals surface area contributed by atoms with Crippen molar-refractivity contribution in [1.29, 1.82) is 0 Å². The lowest BCUT2D eigenvalue weighted by molar-refractivity contribution is -0.873. The Morgan fingerprint density at radius 2 is 1.86 bits per heavy atom. The van der Waals surface area contributed by atoms with Crippen LogP contribution in [-0.2, 0) is 4.79 Å². The molecule has 0 saturated heterocycles. The molecule has 0 aromatic heterocycles. The van der Waals surface area contributed by atoms with E-state index < -0.39 is 12.1 Å². The Hall–Kier alpha value is -0.0700. The average Bonchev–Trinajstić information content (AvgIpc) is 1.85. The maximum atomic E-state index is 10.0. The van der Waals surface area contributed by atoms with Crippen LogP contribution in [0.2, 0.25) is 0 Å². The fourth-order valence-electron chi connectivity index (χ4n) is 0.889. The third-order valence-electron chi connectivity index (χ3n) is 1.16. The van der Waals surface area contributed by atoms with E-state index in [1.54, 1.807) is 0 Å². The van der Waals surface area contributed by atoms with Crippen LogP contribution >= 0.6 is 24.2 Å². The van der Waals surface area contributed by atoms with Crippen LogP contribution in [0.25, 0.3) is 0 Å². The predicted molar refractivity (Wildman–Crippen MR) is 55.8 cm³/mol. The van der Waals surface area contributed by atoms with Crippen LogP contribution in [0.1, 0.15) is 6.42 Å². The van der Waals surface area contributed by atoms with Crippen LogP contribution < -0.4 is 10.4 Å². The van der Waals surface area contributed by atoms with E-state index in [9.17, 15) is 9.90 Å². The second kappa shape index (κ2) is 9.48. The number of halogens is 2. The van der Waals surface area contributed by atoms with E-state index in [0.29, 0.717) is 11.0 Å². The number of aliphatic carboxylic acids is 1. The van der Waals surface area contributed by atoms with E-state index >= 15 is 0 Å². The summed E-state index contributed by atoms with van der Waals surface area (Å²) in [6.45, 7) is 0.425. The topological polar surface area (TPSA) is 86.4 Å². The molecule has 1 unspecified atom stereocenters. The van der Waals surface area contributed by atoms with Gasteiger partial charge in [0.25, 0.3) is 0 Å². The van der Waals surface area contributed by atoms with Gasteiger partial charge in [0, 0.05) is 12.4 Å². The lowest BCUT2D eigenvalue weighted by atomic mass is 10.2. The molecule has 5 nitrogen and oxygen atoms in total. The number of carboxylic acids is 1. The molecule has 88 valence electrons. The van der Waals surface area contributed by atoms with Crippen molar-refractivity contribution in [2.24, 2.45) is 5.25 Å². The highest BCUT2D eigenvalue weighted by atomic mass is 35.5. The third kappa shape index (κ3) is 17.9. The Morgan fingerprint density at radius 1 is 1.50 bits per heavy atom. The van der Waals surface area contributed by atoms with Crippen LogP contribution in [0, 0.1) is 0 Å². The predicted octanol–water partition coefficient (Wildman–Crippen LogP) is -1.29. The molecule has 0 radical (unpaired) electrons. The summed E-state index contributed by atoms with van der Waals surface area (Å²) in [5, 5.41) is 23.1. The molecule has 1 atom stereocenters. The Morgan fingerprint density at radius 3 is 2.07 bits per heavy atom. The van der Waals surface area contributed by atoms with Crippen molar-refractivity contribution in [2.45, 2.75) is 12.5 Å². The number of likely N-dealkylation sites (N-methyl/N-ethyl adjacent to an activating group) is 1. The van der Waals surface area contributed by atoms with Gasteiger partial charge in [0.2, 0.25) is 0 Å². The molecule has 7 heteroatoms. The molecule has 0 aromatic carbocycles. The van der Waals surface area contributed by atoms with Crippen LogP contribution in [0.15, 0.2) is 0 Å². The first-order chi connectivity index (χ1) is 5.81. The van der Waals surface area contributed by atoms with Gasteiger partial charge >= 0.3 is 0 Å². The Kier molecular flexibility index (Phi) is 13.2. The number of rotatable bonds is 4. The van der Waals surface area contributed by atoms with Crippen molar-refractivity contribution in [2.75, 3.05) is 27.7 Å². The standard InChI is InChI=1S/C7H15NO3.ClH2N.ClH/c1-8(2,3)5-6(9)4-7(10)11;1-2;/h6,9H,4-5H2,1-3H3;2H2;1H. The molecule has 0 bridgehead atoms. The molecule has 0 fully saturated rings. The number of carboxylic acid groups (broad SMARTS) is 1. The normalized spacial score (nSPS) is 11.9. The quantitative estimate of drug-likeness (QED) is 0.479. The number of nitrogens with two attached hydrogens (primary N) is 1. The maximum absolute atomic E-state index is 10.0. The number of nitrogens with zero attached hydrogens (tertiary/aromatic N) is 1. The van der Waals surface area contributed by atoms with Crippen LogP contribution in [0.4, 0.5) is 0 Å². The van der Waals surface area contributed by atoms with Gasteiger partial charge in [-0.25, -0.2) is 5.25 Å². The van der Waals surface area contributed by atoms with Gasteiger partial charge in [-0.3, -0.25) is 0 Å². The summed E-state index contributed by atoms with van der Waals surface area (Å²) >= 11 is 4.14. The SMILES string of the molecule is C[N+](C)(C)CC(O)CC(=O)[O-].Cl.NCl. The fraction of sp³-hybridized carbons (Fsp3) is 0.857. The number of aliphatic hydroxyl groups is 1. The van der Waals surface area contributed by atoms with Crippen molar-refractivity contribution < 1.29 is 19.5 Å². The van der Waals surface area contributed by atoms with Crippen LogP contribution in [0.3, 0.4) is 0 Å². The lowest BCUT2D eigenvalue weighted by Crippen LogP contribution is -2.43. The van der Waals surface area contributed by atoms with E-state index in [0.717, 1.165) is 0 Å². The zero-order valence-electron chi connectivity index (χ0n) is 8.57. The van der Waals surface area contributed by atoms with Crippen LogP contribution in [0.5, 0.6) is 0 Å². The number of quaternary nitrogens is 1. The Balaban J connectivity index is -0.000000376. The van der Waals surface area contributed by atoms with Crippen molar-refractivity contribution in [1.82, 2.24) is 0 Å². The van der Waals surface area contributed by atoms with Gasteiger partial charge in [0.15, 0.2) is 0 Å². The van der Waals surface area contributed by atoms with E-state index in [1.165, 1.54) is 0 Å². The Bertz CT molecular complexity index is 150. The van der Waals surface area contributed by atoms with Gasteiger partial charge < -0.3 is 19.5 Å². The summed E-state index contributed by atoms with van der Waals surface area (Å²) < 4.78 is 0.550. The lowest BCUT2D eigenvalue weighted by Gasteiger charge is -2.26. The first-order valence-electron chi connectivity index (χ1n) is 3.71. The van der Waals surface area contributed by atoms with E-state index in [4.69, 9.17) is 5.11 Å². The highest BCUT2D eigenvalue weighted by Gasteiger charge is 2.14. The van der Waals surface area contributed by atoms with Gasteiger partial charge in [-0.2, -0.15) is 0 Å². The largest absolute Gasteiger partial charge is 0.550 e. The molecule has 0 aliphatic carbocycles. The summed E-state index contributed by atoms with van der Waals surface area (Å²) in [6, 6.07) is 0. The molecular weight excluding hydrogens is 231 g/mol. The van der Waals surface area contributed by atoms with Gasteiger partial charge in [0.1, 0.15) is 12.6 Å². The van der Waals surface area contributed by atoms with E-state index in [-0.39, 0.29) is 18.8 Å². The number of carbonyl (C=O) groups is 1. The number of hydrogen-bond donors (Lipinski definition) is 2. The van der Waals surface area contributed by atoms with Gasteiger partial charge in [-0.05, 0) is 11.8 Å². The second-order valence-electron chi connectivity index (χ2n) is 3.70. The van der Waals surface area contributed by atoms with Crippen molar-refractivity contribution in [3.05, 3.63) is 0 Å². The zero-order valence-corrected chi connectivity index (χ0v) is 10.1. The molecule has 0 aromatic rings. The smallest absolute Gasteiger partial charge is 0.108 e. The zero-order chi connectivity index (χ0) is 11.1. The minimum Gasteiger partial charge on any atom is -0.550 e. The van der Waals surface area contributed by atoms with Crippen molar-refractivity contribution in [3.63, 3.8) is 0 Å². The first-order valence-corrected chi connectivity index (χ1v) is 4.15. The van der Waals surface area contributed by atoms with Gasteiger partial charge in [-0.1, -0.05) is 0 Å². The number of carbonyl (C=O) groups excluding carboxylic acids is 1. The molecule has 0 amide bonds. The van der Waals surface area contributed by atoms with Crippen molar-refractivity contribution >= 4 is 30.2 Å². The van der Waals surface area contributed by atoms with E-state index in [1.807, 2.05) is 21.1 Å². The average molecular weight is 249 g/mol. The molecule has 0 spiro atoms. The van der Waals surface area contributed by atoms with E-state index in [2.05, 4.69) is 17.0 Å². The molecule has 0 rings (SSSR count). The minimum absolute atomic E-state index is 0. The highest BCUT2D eigenvalue weighted by Crippen LogP contribution is 1.97. The first kappa shape index (κ1) is 19.5. The van der Waals surface area contributed by atoms with Gasteiger partial charge in [-0.15, -0.1) is 12.4 Å². The number of aliphatic hydroxyl groups excluding tert-OH is 1. The molecule has 0 aliphatic heterocycles. The summed E-state index contributed by atoms with van der Waals surface area (Å²) in [5.41, 5.74) is 0. The molecule has 0 saturated carbocycles. The molecule has 14 heavy (non-hydrogen) atoms.